The number of rotatable bonds is 6. The minimum Gasteiger partial charge on any atom is -0.496 e. The van der Waals surface area contributed by atoms with Crippen molar-refractivity contribution in [2.75, 3.05) is 7.11 Å². The normalized spacial score (nSPS) is 15.3. The van der Waals surface area contributed by atoms with E-state index < -0.39 is 5.97 Å². The van der Waals surface area contributed by atoms with Gasteiger partial charge in [-0.15, -0.1) is 0 Å². The van der Waals surface area contributed by atoms with Crippen LogP contribution in [0.25, 0.3) is 11.1 Å². The fraction of sp³-hybridized carbons (Fsp3) is 0.316. The monoisotopic (exact) mass is 296 g/mol. The van der Waals surface area contributed by atoms with Gasteiger partial charge in [-0.05, 0) is 47.9 Å². The van der Waals surface area contributed by atoms with Crippen LogP contribution in [0.4, 0.5) is 0 Å². The number of methoxy groups -OCH3 is 1. The third-order valence-electron chi connectivity index (χ3n) is 4.32. The Balaban J connectivity index is 2.01. The maximum absolute atomic E-state index is 11.2. The Morgan fingerprint density at radius 3 is 2.55 bits per heavy atom. The van der Waals surface area contributed by atoms with Crippen LogP contribution in [0, 0.1) is 5.92 Å². The van der Waals surface area contributed by atoms with E-state index in [4.69, 9.17) is 4.74 Å². The van der Waals surface area contributed by atoms with Gasteiger partial charge in [0.1, 0.15) is 5.75 Å². The van der Waals surface area contributed by atoms with Gasteiger partial charge in [0.2, 0.25) is 0 Å². The van der Waals surface area contributed by atoms with Crippen molar-refractivity contribution in [3.8, 4) is 16.9 Å². The van der Waals surface area contributed by atoms with Crippen LogP contribution in [0.15, 0.2) is 48.5 Å². The van der Waals surface area contributed by atoms with Crippen LogP contribution in [0.5, 0.6) is 5.75 Å². The van der Waals surface area contributed by atoms with E-state index in [9.17, 15) is 9.90 Å². The van der Waals surface area contributed by atoms with Crippen molar-refractivity contribution >= 4 is 5.97 Å². The molecule has 0 bridgehead atoms. The summed E-state index contributed by atoms with van der Waals surface area (Å²) in [6.45, 7) is 0. The van der Waals surface area contributed by atoms with E-state index in [-0.39, 0.29) is 12.3 Å². The highest BCUT2D eigenvalue weighted by Gasteiger charge is 2.34. The zero-order valence-corrected chi connectivity index (χ0v) is 12.7. The van der Waals surface area contributed by atoms with Crippen molar-refractivity contribution in [2.45, 2.75) is 25.2 Å². The van der Waals surface area contributed by atoms with Crippen LogP contribution >= 0.6 is 0 Å². The van der Waals surface area contributed by atoms with E-state index in [1.165, 1.54) is 0 Å². The Morgan fingerprint density at radius 1 is 1.23 bits per heavy atom. The molecule has 3 rings (SSSR count). The Kier molecular flexibility index (Phi) is 4.14. The Bertz CT molecular complexity index is 660. The predicted molar refractivity (Wildman–Crippen MR) is 86.1 cm³/mol. The van der Waals surface area contributed by atoms with Gasteiger partial charge in [-0.25, -0.2) is 0 Å². The van der Waals surface area contributed by atoms with Gasteiger partial charge >= 0.3 is 5.97 Å². The summed E-state index contributed by atoms with van der Waals surface area (Å²) in [6.07, 6.45) is 2.46. The highest BCUT2D eigenvalue weighted by molar-refractivity contribution is 5.72. The lowest BCUT2D eigenvalue weighted by molar-refractivity contribution is -0.137. The fourth-order valence-corrected chi connectivity index (χ4v) is 3.04. The number of carbonyl (C=O) groups is 1. The molecule has 2 aromatic carbocycles. The van der Waals surface area contributed by atoms with Crippen LogP contribution in [-0.4, -0.2) is 18.2 Å². The summed E-state index contributed by atoms with van der Waals surface area (Å²) in [5.74, 6) is 0.702. The van der Waals surface area contributed by atoms with Crippen molar-refractivity contribution < 1.29 is 14.6 Å². The lowest BCUT2D eigenvalue weighted by Gasteiger charge is -2.17. The number of ether oxygens (including phenoxy) is 1. The summed E-state index contributed by atoms with van der Waals surface area (Å²) in [5.41, 5.74) is 3.22. The van der Waals surface area contributed by atoms with Gasteiger partial charge in [0, 0.05) is 5.56 Å². The predicted octanol–water partition coefficient (Wildman–Crippen LogP) is 4.33. The molecule has 2 aromatic rings. The van der Waals surface area contributed by atoms with Crippen molar-refractivity contribution in [3.05, 3.63) is 54.1 Å². The summed E-state index contributed by atoms with van der Waals surface area (Å²) >= 11 is 0. The molecular weight excluding hydrogens is 276 g/mol. The SMILES string of the molecule is COc1ccc(C(CC(=O)O)C2CC2)cc1-c1ccccc1. The Hall–Kier alpha value is -2.29. The highest BCUT2D eigenvalue weighted by atomic mass is 16.5. The molecule has 1 aliphatic rings. The molecule has 1 fully saturated rings. The second-order valence-corrected chi connectivity index (χ2v) is 5.87. The molecule has 0 amide bonds. The van der Waals surface area contributed by atoms with Gasteiger partial charge in [-0.1, -0.05) is 36.4 Å². The molecular formula is C19H20O3. The van der Waals surface area contributed by atoms with Gasteiger partial charge in [0.25, 0.3) is 0 Å². The van der Waals surface area contributed by atoms with E-state index in [2.05, 4.69) is 6.07 Å². The summed E-state index contributed by atoms with van der Waals surface area (Å²) in [5, 5.41) is 9.18. The molecule has 0 heterocycles. The van der Waals surface area contributed by atoms with Crippen LogP contribution in [0.1, 0.15) is 30.7 Å². The van der Waals surface area contributed by atoms with Crippen molar-refractivity contribution in [1.82, 2.24) is 0 Å². The van der Waals surface area contributed by atoms with E-state index in [0.29, 0.717) is 5.92 Å². The van der Waals surface area contributed by atoms with Crippen LogP contribution in [-0.2, 0) is 4.79 Å². The summed E-state index contributed by atoms with van der Waals surface area (Å²) in [4.78, 5) is 11.2. The van der Waals surface area contributed by atoms with E-state index in [1.54, 1.807) is 7.11 Å². The molecule has 1 saturated carbocycles. The smallest absolute Gasteiger partial charge is 0.303 e. The quantitative estimate of drug-likeness (QED) is 0.863. The number of benzene rings is 2. The molecule has 22 heavy (non-hydrogen) atoms. The summed E-state index contributed by atoms with van der Waals surface area (Å²) < 4.78 is 5.48. The van der Waals surface area contributed by atoms with E-state index >= 15 is 0 Å². The van der Waals surface area contributed by atoms with Crippen molar-refractivity contribution in [3.63, 3.8) is 0 Å². The fourth-order valence-electron chi connectivity index (χ4n) is 3.04. The molecule has 0 saturated heterocycles. The Labute approximate surface area is 130 Å². The Morgan fingerprint density at radius 2 is 1.95 bits per heavy atom. The first-order valence-electron chi connectivity index (χ1n) is 7.64. The first kappa shape index (κ1) is 14.6. The summed E-state index contributed by atoms with van der Waals surface area (Å²) in [6, 6.07) is 16.1. The van der Waals surface area contributed by atoms with E-state index in [0.717, 1.165) is 35.3 Å². The maximum atomic E-state index is 11.2. The second kappa shape index (κ2) is 6.22. The molecule has 3 nitrogen and oxygen atoms in total. The molecule has 1 N–H and O–H groups in total. The lowest BCUT2D eigenvalue weighted by atomic mass is 9.88. The van der Waals surface area contributed by atoms with Crippen LogP contribution < -0.4 is 4.74 Å². The molecule has 114 valence electrons. The summed E-state index contributed by atoms with van der Waals surface area (Å²) in [7, 11) is 1.66. The third-order valence-corrected chi connectivity index (χ3v) is 4.32. The zero-order chi connectivity index (χ0) is 15.5. The van der Waals surface area contributed by atoms with E-state index in [1.807, 2.05) is 42.5 Å². The number of carboxylic acids is 1. The molecule has 1 unspecified atom stereocenters. The molecule has 0 aromatic heterocycles. The van der Waals surface area contributed by atoms with Gasteiger partial charge in [0.05, 0.1) is 13.5 Å². The number of carboxylic acid groups (broad SMARTS) is 1. The third kappa shape index (κ3) is 3.14. The van der Waals surface area contributed by atoms with Gasteiger partial charge < -0.3 is 9.84 Å². The number of aliphatic carboxylic acids is 1. The number of hydrogen-bond acceptors (Lipinski definition) is 2. The van der Waals surface area contributed by atoms with Gasteiger partial charge in [-0.2, -0.15) is 0 Å². The molecule has 3 heteroatoms. The topological polar surface area (TPSA) is 46.5 Å². The second-order valence-electron chi connectivity index (χ2n) is 5.87. The largest absolute Gasteiger partial charge is 0.496 e. The van der Waals surface area contributed by atoms with Gasteiger partial charge in [0.15, 0.2) is 0 Å². The first-order valence-corrected chi connectivity index (χ1v) is 7.64. The minimum atomic E-state index is -0.728. The standard InChI is InChI=1S/C19H20O3/c1-22-18-10-9-15(16(12-19(20)21)14-7-8-14)11-17(18)13-5-3-2-4-6-13/h2-6,9-11,14,16H,7-8,12H2,1H3,(H,20,21). The lowest BCUT2D eigenvalue weighted by Crippen LogP contribution is -2.08. The van der Waals surface area contributed by atoms with Crippen LogP contribution in [0.3, 0.4) is 0 Å². The highest BCUT2D eigenvalue weighted by Crippen LogP contribution is 2.46. The number of hydrogen-bond donors (Lipinski definition) is 1. The average Bonchev–Trinajstić information content (AvgIpc) is 3.37. The minimum absolute atomic E-state index is 0.103. The molecule has 0 radical (unpaired) electrons. The molecule has 1 atom stereocenters. The average molecular weight is 296 g/mol. The maximum Gasteiger partial charge on any atom is 0.303 e. The molecule has 0 aliphatic heterocycles. The zero-order valence-electron chi connectivity index (χ0n) is 12.7. The van der Waals surface area contributed by atoms with Crippen molar-refractivity contribution in [1.29, 1.82) is 0 Å². The molecule has 1 aliphatic carbocycles. The first-order chi connectivity index (χ1) is 10.7. The van der Waals surface area contributed by atoms with Crippen LogP contribution in [0.2, 0.25) is 0 Å². The van der Waals surface area contributed by atoms with Crippen molar-refractivity contribution in [2.24, 2.45) is 5.92 Å². The van der Waals surface area contributed by atoms with Gasteiger partial charge in [-0.3, -0.25) is 4.79 Å². The molecule has 0 spiro atoms.